The normalized spacial score (nSPS) is 14.1. The van der Waals surface area contributed by atoms with Crippen LogP contribution in [0.1, 0.15) is 44.5 Å². The summed E-state index contributed by atoms with van der Waals surface area (Å²) in [6.07, 6.45) is 4.75. The molecule has 0 saturated heterocycles. The fourth-order valence-electron chi connectivity index (χ4n) is 4.17. The quantitative estimate of drug-likeness (QED) is 0.432. The summed E-state index contributed by atoms with van der Waals surface area (Å²) < 4.78 is 16.3. The molecule has 0 aliphatic carbocycles. The van der Waals surface area contributed by atoms with Gasteiger partial charge in [0.15, 0.2) is 12.4 Å². The van der Waals surface area contributed by atoms with Crippen LogP contribution in [-0.4, -0.2) is 33.0 Å². The Bertz CT molecular complexity index is 1330. The second-order valence-electron chi connectivity index (χ2n) is 8.74. The number of imide groups is 1. The third-order valence-electron chi connectivity index (χ3n) is 5.91. The summed E-state index contributed by atoms with van der Waals surface area (Å²) in [6, 6.07) is 9.27. The third-order valence-corrected chi connectivity index (χ3v) is 5.91. The minimum absolute atomic E-state index is 0.0636. The van der Waals surface area contributed by atoms with Crippen LogP contribution in [0, 0.1) is 11.7 Å². The van der Waals surface area contributed by atoms with Crippen molar-refractivity contribution in [3.05, 3.63) is 81.8 Å². The zero-order chi connectivity index (χ0) is 24.6. The van der Waals surface area contributed by atoms with Gasteiger partial charge in [-0.15, -0.1) is 0 Å². The lowest BCUT2D eigenvalue weighted by molar-refractivity contribution is -0.577. The fraction of sp³-hybridized carbons (Fsp3) is 0.308. The number of H-pyrrole nitrogens is 1. The zero-order valence-corrected chi connectivity index (χ0v) is 19.8. The van der Waals surface area contributed by atoms with E-state index in [0.717, 1.165) is 12.0 Å². The van der Waals surface area contributed by atoms with Crippen LogP contribution in [0.2, 0.25) is 0 Å². The number of hydrogen-bond donors (Lipinski definition) is 1. The molecule has 2 aromatic heterocycles. The minimum atomic E-state index is -0.488. The molecule has 4 rings (SSSR count). The molecule has 0 unspecified atom stereocenters. The van der Waals surface area contributed by atoms with E-state index in [-0.39, 0.29) is 29.3 Å². The summed E-state index contributed by atoms with van der Waals surface area (Å²) in [4.78, 5) is 41.9. The van der Waals surface area contributed by atoms with E-state index in [0.29, 0.717) is 17.8 Å². The topological polar surface area (TPSA) is 79.1 Å². The van der Waals surface area contributed by atoms with Crippen molar-refractivity contribution in [1.29, 1.82) is 0 Å². The van der Waals surface area contributed by atoms with Gasteiger partial charge in [-0.3, -0.25) is 24.4 Å². The highest BCUT2D eigenvalue weighted by Crippen LogP contribution is 2.30. The molecule has 34 heavy (non-hydrogen) atoms. The summed E-state index contributed by atoms with van der Waals surface area (Å²) in [5.74, 6) is -1.28. The van der Waals surface area contributed by atoms with Gasteiger partial charge in [0, 0.05) is 24.4 Å². The molecule has 8 heteroatoms. The van der Waals surface area contributed by atoms with Gasteiger partial charge in [-0.25, -0.2) is 9.07 Å². The number of carbonyl (C=O) groups is 2. The molecule has 1 N–H and O–H groups in total. The highest BCUT2D eigenvalue weighted by molar-refractivity contribution is 6.44. The smallest absolute Gasteiger partial charge is 0.294 e. The van der Waals surface area contributed by atoms with Crippen LogP contribution in [0.4, 0.5) is 4.39 Å². The number of rotatable bonds is 7. The first-order chi connectivity index (χ1) is 16.3. The standard InChI is InChI=1S/C26H27FN4O3/c1-5-17-11-13-29(14-12-17)23-22(24(32)30(26(23)34)15-16(3)4)21-20(6-2)28-31(25(21)33)19-9-7-18(27)8-10-19/h7-14,16H,5-6,15H2,1-4H3/p+1. The number of benzene rings is 1. The van der Waals surface area contributed by atoms with Gasteiger partial charge < -0.3 is 0 Å². The molecule has 0 bridgehead atoms. The van der Waals surface area contributed by atoms with Crippen LogP contribution < -0.4 is 10.1 Å². The maximum Gasteiger partial charge on any atom is 0.326 e. The SMILES string of the molecule is CCc1cc[n+](C2=C(c3c(CC)[nH]n(-c4ccc(F)cc4)c3=O)C(=O)N(CC(C)C)C2=O)cc1. The van der Waals surface area contributed by atoms with Gasteiger partial charge in [0.2, 0.25) is 0 Å². The lowest BCUT2D eigenvalue weighted by Crippen LogP contribution is -2.40. The zero-order valence-electron chi connectivity index (χ0n) is 19.8. The number of pyridine rings is 1. The molecule has 0 fully saturated rings. The molecule has 1 aliphatic rings. The van der Waals surface area contributed by atoms with E-state index in [4.69, 9.17) is 0 Å². The van der Waals surface area contributed by atoms with Crippen molar-refractivity contribution in [3.8, 4) is 5.69 Å². The van der Waals surface area contributed by atoms with E-state index in [1.165, 1.54) is 33.8 Å². The van der Waals surface area contributed by atoms with Gasteiger partial charge in [0.25, 0.3) is 17.2 Å². The number of aromatic nitrogens is 3. The molecule has 0 spiro atoms. The van der Waals surface area contributed by atoms with Crippen molar-refractivity contribution in [2.75, 3.05) is 6.54 Å². The molecular formula is C26H28FN4O3+. The predicted octanol–water partition coefficient (Wildman–Crippen LogP) is 3.11. The Labute approximate surface area is 197 Å². The van der Waals surface area contributed by atoms with Crippen molar-refractivity contribution in [3.63, 3.8) is 0 Å². The fourth-order valence-corrected chi connectivity index (χ4v) is 4.17. The number of amides is 2. The Morgan fingerprint density at radius 2 is 1.59 bits per heavy atom. The van der Waals surface area contributed by atoms with Crippen molar-refractivity contribution in [2.24, 2.45) is 5.92 Å². The molecule has 2 amide bonds. The number of hydrogen-bond acceptors (Lipinski definition) is 3. The molecule has 7 nitrogen and oxygen atoms in total. The van der Waals surface area contributed by atoms with E-state index in [2.05, 4.69) is 5.10 Å². The molecule has 1 aliphatic heterocycles. The lowest BCUT2D eigenvalue weighted by atomic mass is 10.0. The number of nitrogens with zero attached hydrogens (tertiary/aromatic N) is 3. The van der Waals surface area contributed by atoms with Crippen LogP contribution >= 0.6 is 0 Å². The maximum atomic E-state index is 13.6. The second-order valence-corrected chi connectivity index (χ2v) is 8.74. The van der Waals surface area contributed by atoms with Gasteiger partial charge in [-0.05, 0) is 48.6 Å². The molecular weight excluding hydrogens is 435 g/mol. The summed E-state index contributed by atoms with van der Waals surface area (Å²) in [7, 11) is 0. The maximum absolute atomic E-state index is 13.6. The van der Waals surface area contributed by atoms with E-state index in [1.807, 2.05) is 39.8 Å². The Morgan fingerprint density at radius 3 is 2.15 bits per heavy atom. The Morgan fingerprint density at radius 1 is 0.941 bits per heavy atom. The van der Waals surface area contributed by atoms with Crippen LogP contribution in [-0.2, 0) is 22.4 Å². The lowest BCUT2D eigenvalue weighted by Gasteiger charge is -2.16. The van der Waals surface area contributed by atoms with Gasteiger partial charge in [-0.2, -0.15) is 4.57 Å². The molecule has 0 radical (unpaired) electrons. The number of aryl methyl sites for hydroxylation is 2. The Hall–Kier alpha value is -3.81. The highest BCUT2D eigenvalue weighted by Gasteiger charge is 2.47. The summed E-state index contributed by atoms with van der Waals surface area (Å²) >= 11 is 0. The molecule has 176 valence electrons. The van der Waals surface area contributed by atoms with E-state index >= 15 is 0 Å². The van der Waals surface area contributed by atoms with Crippen LogP contribution in [0.5, 0.6) is 0 Å². The van der Waals surface area contributed by atoms with Crippen molar-refractivity contribution < 1.29 is 18.5 Å². The summed E-state index contributed by atoms with van der Waals surface area (Å²) in [5, 5.41) is 3.05. The first kappa shape index (κ1) is 23.4. The molecule has 1 aromatic carbocycles. The highest BCUT2D eigenvalue weighted by atomic mass is 19.1. The van der Waals surface area contributed by atoms with Crippen LogP contribution in [0.15, 0.2) is 53.6 Å². The number of halogens is 1. The van der Waals surface area contributed by atoms with Crippen LogP contribution in [0.25, 0.3) is 17.0 Å². The number of aromatic amines is 1. The van der Waals surface area contributed by atoms with Gasteiger partial charge in [-0.1, -0.05) is 27.7 Å². The number of carbonyl (C=O) groups excluding carboxylic acids is 2. The largest absolute Gasteiger partial charge is 0.326 e. The summed E-state index contributed by atoms with van der Waals surface area (Å²) in [6.45, 7) is 7.99. The van der Waals surface area contributed by atoms with Gasteiger partial charge in [0.1, 0.15) is 11.4 Å². The van der Waals surface area contributed by atoms with Gasteiger partial charge in [0.05, 0.1) is 11.3 Å². The van der Waals surface area contributed by atoms with Crippen molar-refractivity contribution in [2.45, 2.75) is 40.5 Å². The molecule has 0 atom stereocenters. The summed E-state index contributed by atoms with van der Waals surface area (Å²) in [5.41, 5.74) is 1.99. The predicted molar refractivity (Wildman–Crippen MR) is 126 cm³/mol. The molecule has 3 heterocycles. The average molecular weight is 464 g/mol. The molecule has 0 saturated carbocycles. The average Bonchev–Trinajstić information content (AvgIpc) is 3.27. The van der Waals surface area contributed by atoms with Gasteiger partial charge >= 0.3 is 5.91 Å². The van der Waals surface area contributed by atoms with E-state index < -0.39 is 23.2 Å². The Balaban J connectivity index is 1.96. The van der Waals surface area contributed by atoms with Crippen LogP contribution in [0.3, 0.4) is 0 Å². The monoisotopic (exact) mass is 463 g/mol. The minimum Gasteiger partial charge on any atom is -0.294 e. The van der Waals surface area contributed by atoms with Crippen molar-refractivity contribution >= 4 is 23.1 Å². The number of nitrogens with one attached hydrogen (secondary N) is 1. The van der Waals surface area contributed by atoms with E-state index in [1.54, 1.807) is 17.0 Å². The van der Waals surface area contributed by atoms with Crippen molar-refractivity contribution in [1.82, 2.24) is 14.7 Å². The van der Waals surface area contributed by atoms with E-state index in [9.17, 15) is 18.8 Å². The molecule has 3 aromatic rings. The Kier molecular flexibility index (Phi) is 6.32. The second kappa shape index (κ2) is 9.21. The first-order valence-electron chi connectivity index (χ1n) is 11.5. The third kappa shape index (κ3) is 4.00. The first-order valence-corrected chi connectivity index (χ1v) is 11.5.